The quantitative estimate of drug-likeness (QED) is 0.449. The fourth-order valence-electron chi connectivity index (χ4n) is 2.65. The van der Waals surface area contributed by atoms with E-state index in [0.717, 1.165) is 15.0 Å². The summed E-state index contributed by atoms with van der Waals surface area (Å²) < 4.78 is 7.80. The van der Waals surface area contributed by atoms with E-state index < -0.39 is 11.9 Å². The molecule has 1 heterocycles. The lowest BCUT2D eigenvalue weighted by molar-refractivity contribution is -0.119. The predicted molar refractivity (Wildman–Crippen MR) is 111 cm³/mol. The Labute approximate surface area is 170 Å². The molecule has 1 amide bonds. The number of esters is 1. The molecule has 1 aromatic heterocycles. The third-order valence-corrected chi connectivity index (χ3v) is 4.62. The van der Waals surface area contributed by atoms with E-state index in [1.165, 1.54) is 0 Å². The minimum Gasteiger partial charge on any atom is -0.452 e. The van der Waals surface area contributed by atoms with Crippen LogP contribution >= 0.6 is 22.6 Å². The lowest BCUT2D eigenvalue weighted by atomic mass is 10.2. The molecule has 138 valence electrons. The van der Waals surface area contributed by atoms with Gasteiger partial charge in [-0.3, -0.25) is 4.79 Å². The third-order valence-electron chi connectivity index (χ3n) is 3.95. The van der Waals surface area contributed by atoms with Crippen molar-refractivity contribution in [3.8, 4) is 5.69 Å². The number of rotatable bonds is 5. The van der Waals surface area contributed by atoms with Gasteiger partial charge in [-0.1, -0.05) is 24.3 Å². The number of benzene rings is 2. The molecule has 6 nitrogen and oxygen atoms in total. The van der Waals surface area contributed by atoms with Crippen molar-refractivity contribution in [3.63, 3.8) is 0 Å². The smallest absolute Gasteiger partial charge is 0.338 e. The molecule has 27 heavy (non-hydrogen) atoms. The zero-order chi connectivity index (χ0) is 19.4. The van der Waals surface area contributed by atoms with Crippen LogP contribution < -0.4 is 5.32 Å². The Hall–Kier alpha value is -2.68. The molecular weight excluding hydrogens is 457 g/mol. The Balaban J connectivity index is 1.66. The van der Waals surface area contributed by atoms with Crippen molar-refractivity contribution >= 4 is 40.2 Å². The van der Waals surface area contributed by atoms with Gasteiger partial charge in [0, 0.05) is 3.57 Å². The third kappa shape index (κ3) is 4.54. The van der Waals surface area contributed by atoms with Crippen LogP contribution in [0.3, 0.4) is 0 Å². The van der Waals surface area contributed by atoms with Crippen LogP contribution in [0.25, 0.3) is 5.69 Å². The number of halogens is 1. The number of hydrogen-bond acceptors (Lipinski definition) is 4. The van der Waals surface area contributed by atoms with Crippen LogP contribution in [0.4, 0.5) is 5.69 Å². The van der Waals surface area contributed by atoms with Gasteiger partial charge in [0.05, 0.1) is 28.3 Å². The monoisotopic (exact) mass is 475 g/mol. The van der Waals surface area contributed by atoms with Gasteiger partial charge in [-0.25, -0.2) is 9.48 Å². The molecule has 0 radical (unpaired) electrons. The number of nitrogens with one attached hydrogen (secondary N) is 1. The summed E-state index contributed by atoms with van der Waals surface area (Å²) in [7, 11) is 0. The highest BCUT2D eigenvalue weighted by Gasteiger charge is 2.16. The van der Waals surface area contributed by atoms with E-state index in [1.807, 2.05) is 50.2 Å². The van der Waals surface area contributed by atoms with Gasteiger partial charge >= 0.3 is 5.97 Å². The summed E-state index contributed by atoms with van der Waals surface area (Å²) in [5.41, 5.74) is 3.43. The summed E-state index contributed by atoms with van der Waals surface area (Å²) in [6, 6.07) is 16.7. The van der Waals surface area contributed by atoms with Crippen LogP contribution in [-0.4, -0.2) is 28.3 Å². The molecule has 7 heteroatoms. The molecule has 0 aliphatic heterocycles. The summed E-state index contributed by atoms with van der Waals surface area (Å²) in [6.07, 6.45) is 0. The van der Waals surface area contributed by atoms with Crippen molar-refractivity contribution in [2.45, 2.75) is 13.8 Å². The number of nitrogens with zero attached hydrogens (tertiary/aromatic N) is 2. The fraction of sp³-hybridized carbons (Fsp3) is 0.150. The van der Waals surface area contributed by atoms with Crippen molar-refractivity contribution in [3.05, 3.63) is 75.1 Å². The van der Waals surface area contributed by atoms with Gasteiger partial charge in [0.25, 0.3) is 5.91 Å². The average molecular weight is 475 g/mol. The normalized spacial score (nSPS) is 10.5. The first kappa shape index (κ1) is 19.1. The lowest BCUT2D eigenvalue weighted by Crippen LogP contribution is -2.21. The molecule has 0 aliphatic rings. The first-order valence-corrected chi connectivity index (χ1v) is 9.38. The highest BCUT2D eigenvalue weighted by Crippen LogP contribution is 2.22. The first-order chi connectivity index (χ1) is 13.0. The van der Waals surface area contributed by atoms with E-state index in [4.69, 9.17) is 4.74 Å². The van der Waals surface area contributed by atoms with Crippen LogP contribution in [0.5, 0.6) is 0 Å². The SMILES string of the molecule is Cc1nn(-c2ccccc2)c(C)c1NC(=O)COC(=O)c1cccc(I)c1. The molecule has 0 aliphatic carbocycles. The summed E-state index contributed by atoms with van der Waals surface area (Å²) >= 11 is 2.11. The number of hydrogen-bond donors (Lipinski definition) is 1. The molecule has 0 saturated carbocycles. The van der Waals surface area contributed by atoms with Crippen molar-refractivity contribution in [2.24, 2.45) is 0 Å². The molecule has 2 aromatic carbocycles. The van der Waals surface area contributed by atoms with E-state index in [0.29, 0.717) is 16.9 Å². The summed E-state index contributed by atoms with van der Waals surface area (Å²) in [5.74, 6) is -0.940. The fourth-order valence-corrected chi connectivity index (χ4v) is 3.19. The summed E-state index contributed by atoms with van der Waals surface area (Å²) in [6.45, 7) is 3.33. The second kappa shape index (κ2) is 8.34. The van der Waals surface area contributed by atoms with Crippen LogP contribution in [0.1, 0.15) is 21.7 Å². The highest BCUT2D eigenvalue weighted by atomic mass is 127. The number of ether oxygens (including phenoxy) is 1. The van der Waals surface area contributed by atoms with E-state index in [1.54, 1.807) is 22.9 Å². The Morgan fingerprint density at radius 2 is 1.85 bits per heavy atom. The Kier molecular flexibility index (Phi) is 5.90. The average Bonchev–Trinajstić information content (AvgIpc) is 2.95. The topological polar surface area (TPSA) is 73.2 Å². The molecule has 0 spiro atoms. The van der Waals surface area contributed by atoms with Crippen LogP contribution in [0.15, 0.2) is 54.6 Å². The van der Waals surface area contributed by atoms with E-state index in [2.05, 4.69) is 33.0 Å². The molecule has 0 saturated heterocycles. The molecular formula is C20H18IN3O3. The van der Waals surface area contributed by atoms with Crippen molar-refractivity contribution in [2.75, 3.05) is 11.9 Å². The second-order valence-electron chi connectivity index (χ2n) is 5.93. The first-order valence-electron chi connectivity index (χ1n) is 8.30. The van der Waals surface area contributed by atoms with Gasteiger partial charge in [0.15, 0.2) is 6.61 Å². The largest absolute Gasteiger partial charge is 0.452 e. The van der Waals surface area contributed by atoms with Crippen molar-refractivity contribution in [1.82, 2.24) is 9.78 Å². The maximum absolute atomic E-state index is 12.2. The number of amides is 1. The minimum absolute atomic E-state index is 0.361. The molecule has 3 rings (SSSR count). The van der Waals surface area contributed by atoms with E-state index in [-0.39, 0.29) is 6.61 Å². The van der Waals surface area contributed by atoms with Gasteiger partial charge in [0.1, 0.15) is 0 Å². The zero-order valence-electron chi connectivity index (χ0n) is 14.9. The van der Waals surface area contributed by atoms with Gasteiger partial charge < -0.3 is 10.1 Å². The van der Waals surface area contributed by atoms with Crippen molar-refractivity contribution < 1.29 is 14.3 Å². The molecule has 0 atom stereocenters. The molecule has 0 bridgehead atoms. The van der Waals surface area contributed by atoms with Crippen LogP contribution in [-0.2, 0) is 9.53 Å². The maximum Gasteiger partial charge on any atom is 0.338 e. The standard InChI is InChI=1S/C20H18IN3O3/c1-13-19(14(2)24(23-13)17-9-4-3-5-10-17)22-18(25)12-27-20(26)15-7-6-8-16(21)11-15/h3-11H,12H2,1-2H3,(H,22,25). The molecule has 0 unspecified atom stereocenters. The number of carbonyl (C=O) groups excluding carboxylic acids is 2. The predicted octanol–water partition coefficient (Wildman–Crippen LogP) is 3.89. The van der Waals surface area contributed by atoms with Gasteiger partial charge in [0.2, 0.25) is 0 Å². The van der Waals surface area contributed by atoms with Gasteiger partial charge in [-0.05, 0) is 66.8 Å². The van der Waals surface area contributed by atoms with E-state index >= 15 is 0 Å². The zero-order valence-corrected chi connectivity index (χ0v) is 17.1. The maximum atomic E-state index is 12.2. The lowest BCUT2D eigenvalue weighted by Gasteiger charge is -2.08. The van der Waals surface area contributed by atoms with Crippen LogP contribution in [0.2, 0.25) is 0 Å². The van der Waals surface area contributed by atoms with E-state index in [9.17, 15) is 9.59 Å². The van der Waals surface area contributed by atoms with Crippen molar-refractivity contribution in [1.29, 1.82) is 0 Å². The number of para-hydroxylation sites is 1. The van der Waals surface area contributed by atoms with Gasteiger partial charge in [-0.15, -0.1) is 0 Å². The van der Waals surface area contributed by atoms with Crippen LogP contribution in [0, 0.1) is 17.4 Å². The Morgan fingerprint density at radius 1 is 1.11 bits per heavy atom. The molecule has 0 fully saturated rings. The number of anilines is 1. The number of carbonyl (C=O) groups is 2. The summed E-state index contributed by atoms with van der Waals surface area (Å²) in [5, 5.41) is 7.27. The Bertz CT molecular complexity index is 983. The number of aromatic nitrogens is 2. The Morgan fingerprint density at radius 3 is 2.56 bits per heavy atom. The summed E-state index contributed by atoms with van der Waals surface area (Å²) in [4.78, 5) is 24.3. The highest BCUT2D eigenvalue weighted by molar-refractivity contribution is 14.1. The molecule has 3 aromatic rings. The van der Waals surface area contributed by atoms with Gasteiger partial charge in [-0.2, -0.15) is 5.10 Å². The second-order valence-corrected chi connectivity index (χ2v) is 7.17. The number of aryl methyl sites for hydroxylation is 1. The molecule has 1 N–H and O–H groups in total. The minimum atomic E-state index is -0.530.